The molecule has 0 aliphatic heterocycles. The minimum Gasteiger partial charge on any atom is -0.491 e. The summed E-state index contributed by atoms with van der Waals surface area (Å²) in [5.74, 6) is 0.957. The Hall–Kier alpha value is -1.51. The summed E-state index contributed by atoms with van der Waals surface area (Å²) >= 11 is 0. The summed E-state index contributed by atoms with van der Waals surface area (Å²) < 4.78 is 5.74. The number of nitrogens with one attached hydrogen (secondary N) is 1. The highest BCUT2D eigenvalue weighted by atomic mass is 16.5. The molecule has 0 radical (unpaired) electrons. The zero-order valence-electron chi connectivity index (χ0n) is 11.7. The van der Waals surface area contributed by atoms with E-state index in [1.807, 2.05) is 25.1 Å². The highest BCUT2D eigenvalue weighted by Gasteiger charge is 2.18. The van der Waals surface area contributed by atoms with Gasteiger partial charge in [-0.1, -0.05) is 45.9 Å². The second-order valence-electron chi connectivity index (χ2n) is 5.30. The van der Waals surface area contributed by atoms with Gasteiger partial charge in [0.25, 0.3) is 0 Å². The molecule has 0 aliphatic carbocycles. The first kappa shape index (κ1) is 14.6. The first-order valence-corrected chi connectivity index (χ1v) is 6.44. The van der Waals surface area contributed by atoms with Gasteiger partial charge in [-0.25, -0.2) is 0 Å². The van der Waals surface area contributed by atoms with Crippen molar-refractivity contribution in [3.63, 3.8) is 0 Å². The van der Waals surface area contributed by atoms with Gasteiger partial charge in [0.15, 0.2) is 0 Å². The minimum atomic E-state index is 0.0581. The van der Waals surface area contributed by atoms with Gasteiger partial charge in [0, 0.05) is 6.42 Å². The molecule has 1 rings (SSSR count). The van der Waals surface area contributed by atoms with Gasteiger partial charge < -0.3 is 10.1 Å². The molecular weight excluding hydrogens is 226 g/mol. The molecule has 0 aromatic heterocycles. The third kappa shape index (κ3) is 4.40. The Kier molecular flexibility index (Phi) is 5.20. The van der Waals surface area contributed by atoms with Gasteiger partial charge >= 0.3 is 0 Å². The Morgan fingerprint density at radius 3 is 2.56 bits per heavy atom. The summed E-state index contributed by atoms with van der Waals surface area (Å²) in [4.78, 5) is 11.1. The Bertz CT molecular complexity index is 394. The van der Waals surface area contributed by atoms with Crippen LogP contribution in [0.4, 0.5) is 0 Å². The van der Waals surface area contributed by atoms with Crippen LogP contribution in [0.5, 0.6) is 5.75 Å². The number of carbonyl (C=O) groups excluding carboxylic acids is 1. The molecule has 0 spiro atoms. The first-order valence-electron chi connectivity index (χ1n) is 6.44. The normalized spacial score (nSPS) is 11.1. The van der Waals surface area contributed by atoms with E-state index < -0.39 is 0 Å². The van der Waals surface area contributed by atoms with E-state index in [0.717, 1.165) is 5.75 Å². The largest absolute Gasteiger partial charge is 0.491 e. The van der Waals surface area contributed by atoms with E-state index in [2.05, 4.69) is 32.2 Å². The van der Waals surface area contributed by atoms with Crippen LogP contribution >= 0.6 is 0 Å². The summed E-state index contributed by atoms with van der Waals surface area (Å²) in [5.41, 5.74) is 1.25. The predicted molar refractivity (Wildman–Crippen MR) is 73.9 cm³/mol. The molecule has 1 aromatic rings. The number of ether oxygens (including phenoxy) is 1. The highest BCUT2D eigenvalue weighted by Crippen LogP contribution is 2.30. The van der Waals surface area contributed by atoms with Gasteiger partial charge in [0.05, 0.1) is 6.54 Å². The number of hydrogen-bond acceptors (Lipinski definition) is 2. The summed E-state index contributed by atoms with van der Waals surface area (Å²) in [7, 11) is 0. The van der Waals surface area contributed by atoms with Crippen LogP contribution in [0.3, 0.4) is 0 Å². The molecule has 0 atom stereocenters. The fraction of sp³-hybridized carbons (Fsp3) is 0.533. The summed E-state index contributed by atoms with van der Waals surface area (Å²) in [6.45, 7) is 9.37. The molecule has 100 valence electrons. The Balaban J connectivity index is 2.55. The fourth-order valence-corrected chi connectivity index (χ4v) is 1.69. The van der Waals surface area contributed by atoms with Gasteiger partial charge in [-0.05, 0) is 17.0 Å². The van der Waals surface area contributed by atoms with Crippen LogP contribution in [0.15, 0.2) is 24.3 Å². The average Bonchev–Trinajstić information content (AvgIpc) is 2.33. The van der Waals surface area contributed by atoms with Crippen molar-refractivity contribution in [2.75, 3.05) is 13.2 Å². The van der Waals surface area contributed by atoms with Crippen molar-refractivity contribution in [2.45, 2.75) is 39.5 Å². The Labute approximate surface area is 110 Å². The van der Waals surface area contributed by atoms with Crippen molar-refractivity contribution >= 4 is 5.91 Å². The third-order valence-corrected chi connectivity index (χ3v) is 2.70. The lowest BCUT2D eigenvalue weighted by Gasteiger charge is -2.22. The first-order chi connectivity index (χ1) is 8.45. The summed E-state index contributed by atoms with van der Waals surface area (Å²) in [6, 6.07) is 8.05. The van der Waals surface area contributed by atoms with E-state index in [9.17, 15) is 4.79 Å². The van der Waals surface area contributed by atoms with Crippen LogP contribution in [0.25, 0.3) is 0 Å². The maximum atomic E-state index is 11.1. The molecular formula is C15H23NO2. The molecule has 0 heterocycles. The van der Waals surface area contributed by atoms with E-state index in [4.69, 9.17) is 4.74 Å². The second kappa shape index (κ2) is 6.43. The SMILES string of the molecule is CCC(=O)NCCOc1ccccc1C(C)(C)C. The van der Waals surface area contributed by atoms with Crippen molar-refractivity contribution in [2.24, 2.45) is 0 Å². The number of rotatable bonds is 5. The van der Waals surface area contributed by atoms with Gasteiger partial charge in [0.2, 0.25) is 5.91 Å². The standard InChI is InChI=1S/C15H23NO2/c1-5-14(17)16-10-11-18-13-9-7-6-8-12(13)15(2,3)4/h6-9H,5,10-11H2,1-4H3,(H,16,17). The number of para-hydroxylation sites is 1. The van der Waals surface area contributed by atoms with Crippen molar-refractivity contribution < 1.29 is 9.53 Å². The predicted octanol–water partition coefficient (Wildman–Crippen LogP) is 2.89. The lowest BCUT2D eigenvalue weighted by Crippen LogP contribution is -2.27. The number of hydrogen-bond donors (Lipinski definition) is 1. The van der Waals surface area contributed by atoms with Gasteiger partial charge in [-0.3, -0.25) is 4.79 Å². The quantitative estimate of drug-likeness (QED) is 0.815. The van der Waals surface area contributed by atoms with Crippen LogP contribution in [0, 0.1) is 0 Å². The minimum absolute atomic E-state index is 0.0581. The van der Waals surface area contributed by atoms with Gasteiger partial charge in [-0.2, -0.15) is 0 Å². The molecule has 0 saturated heterocycles. The maximum absolute atomic E-state index is 11.1. The zero-order chi connectivity index (χ0) is 13.6. The summed E-state index contributed by atoms with van der Waals surface area (Å²) in [5, 5.41) is 2.80. The van der Waals surface area contributed by atoms with Gasteiger partial charge in [-0.15, -0.1) is 0 Å². The van der Waals surface area contributed by atoms with Gasteiger partial charge in [0.1, 0.15) is 12.4 Å². The van der Waals surface area contributed by atoms with Crippen molar-refractivity contribution in [1.82, 2.24) is 5.32 Å². The van der Waals surface area contributed by atoms with Crippen LogP contribution < -0.4 is 10.1 Å². The van der Waals surface area contributed by atoms with Crippen molar-refractivity contribution in [3.8, 4) is 5.75 Å². The van der Waals surface area contributed by atoms with E-state index in [-0.39, 0.29) is 11.3 Å². The lowest BCUT2D eigenvalue weighted by molar-refractivity contribution is -0.120. The van der Waals surface area contributed by atoms with E-state index >= 15 is 0 Å². The lowest BCUT2D eigenvalue weighted by atomic mass is 9.86. The third-order valence-electron chi connectivity index (χ3n) is 2.70. The van der Waals surface area contributed by atoms with E-state index in [0.29, 0.717) is 19.6 Å². The number of carbonyl (C=O) groups is 1. The Morgan fingerprint density at radius 1 is 1.28 bits per heavy atom. The number of benzene rings is 1. The highest BCUT2D eigenvalue weighted by molar-refractivity contribution is 5.75. The average molecular weight is 249 g/mol. The molecule has 3 nitrogen and oxygen atoms in total. The van der Waals surface area contributed by atoms with Crippen LogP contribution in [-0.4, -0.2) is 19.1 Å². The Morgan fingerprint density at radius 2 is 1.94 bits per heavy atom. The van der Waals surface area contributed by atoms with Crippen LogP contribution in [-0.2, 0) is 10.2 Å². The molecule has 0 saturated carbocycles. The van der Waals surface area contributed by atoms with E-state index in [1.54, 1.807) is 0 Å². The molecule has 3 heteroatoms. The zero-order valence-corrected chi connectivity index (χ0v) is 11.7. The van der Waals surface area contributed by atoms with Crippen LogP contribution in [0.2, 0.25) is 0 Å². The molecule has 1 amide bonds. The maximum Gasteiger partial charge on any atom is 0.219 e. The second-order valence-corrected chi connectivity index (χ2v) is 5.30. The summed E-state index contributed by atoms with van der Waals surface area (Å²) in [6.07, 6.45) is 0.512. The number of amides is 1. The van der Waals surface area contributed by atoms with Crippen LogP contribution in [0.1, 0.15) is 39.7 Å². The molecule has 0 bridgehead atoms. The van der Waals surface area contributed by atoms with Crippen molar-refractivity contribution in [3.05, 3.63) is 29.8 Å². The molecule has 18 heavy (non-hydrogen) atoms. The van der Waals surface area contributed by atoms with E-state index in [1.165, 1.54) is 5.56 Å². The molecule has 0 aliphatic rings. The smallest absolute Gasteiger partial charge is 0.219 e. The molecule has 0 unspecified atom stereocenters. The topological polar surface area (TPSA) is 38.3 Å². The monoisotopic (exact) mass is 249 g/mol. The molecule has 1 N–H and O–H groups in total. The molecule has 0 fully saturated rings. The van der Waals surface area contributed by atoms with Crippen molar-refractivity contribution in [1.29, 1.82) is 0 Å². The fourth-order valence-electron chi connectivity index (χ4n) is 1.69. The molecule has 1 aromatic carbocycles.